The van der Waals surface area contributed by atoms with E-state index in [1.807, 2.05) is 0 Å². The molecule has 0 radical (unpaired) electrons. The summed E-state index contributed by atoms with van der Waals surface area (Å²) in [6.45, 7) is 4.43. The third-order valence-electron chi connectivity index (χ3n) is 9.69. The molecule has 0 saturated heterocycles. The van der Waals surface area contributed by atoms with Gasteiger partial charge in [0.05, 0.1) is 11.0 Å². The van der Waals surface area contributed by atoms with Crippen molar-refractivity contribution in [1.29, 1.82) is 0 Å². The van der Waals surface area contributed by atoms with Crippen LogP contribution in [0, 0.1) is 0 Å². The molecular weight excluding hydrogens is 581 g/mol. The largest absolute Gasteiger partial charge is 0.296 e. The summed E-state index contributed by atoms with van der Waals surface area (Å²) >= 11 is 0. The first-order valence-corrected chi connectivity index (χ1v) is 16.8. The van der Waals surface area contributed by atoms with Crippen LogP contribution in [0.15, 0.2) is 164 Å². The van der Waals surface area contributed by atoms with E-state index in [0.717, 1.165) is 22.5 Å². The second-order valence-corrected chi connectivity index (χ2v) is 13.0. The zero-order valence-electron chi connectivity index (χ0n) is 27.1. The van der Waals surface area contributed by atoms with Crippen LogP contribution in [0.25, 0.3) is 82.4 Å². The summed E-state index contributed by atoms with van der Waals surface area (Å²) in [5.41, 5.74) is 10.7. The summed E-state index contributed by atoms with van der Waals surface area (Å²) in [6, 6.07) is 59.7. The average molecular weight is 615 g/mol. The predicted molar refractivity (Wildman–Crippen MR) is 204 cm³/mol. The van der Waals surface area contributed by atoms with E-state index in [2.05, 4.69) is 182 Å². The third-order valence-corrected chi connectivity index (χ3v) is 9.69. The van der Waals surface area contributed by atoms with Crippen molar-refractivity contribution in [3.8, 4) is 39.1 Å². The molecule has 0 bridgehead atoms. The number of imidazole rings is 1. The second-order valence-electron chi connectivity index (χ2n) is 13.0. The average Bonchev–Trinajstić information content (AvgIpc) is 3.54. The Morgan fingerprint density at radius 2 is 1.04 bits per heavy atom. The van der Waals surface area contributed by atoms with E-state index in [-0.39, 0.29) is 0 Å². The topological polar surface area (TPSA) is 17.8 Å². The van der Waals surface area contributed by atoms with Gasteiger partial charge in [0, 0.05) is 11.6 Å². The number of nitrogens with zero attached hydrogens (tertiary/aromatic N) is 2. The SMILES string of the molecule is CC(C)c1nc2ccccc2n1-c1ccc(-c2c3ccccc3c(-c3ccc4ccccc4c3)c3cc(-c4ccccc4)ccc23)cc1. The van der Waals surface area contributed by atoms with E-state index in [4.69, 9.17) is 4.98 Å². The van der Waals surface area contributed by atoms with Gasteiger partial charge in [-0.25, -0.2) is 4.98 Å². The van der Waals surface area contributed by atoms with Gasteiger partial charge in [0.15, 0.2) is 0 Å². The van der Waals surface area contributed by atoms with Crippen LogP contribution >= 0.6 is 0 Å². The van der Waals surface area contributed by atoms with Crippen molar-refractivity contribution in [3.05, 3.63) is 170 Å². The minimum atomic E-state index is 0.298. The van der Waals surface area contributed by atoms with E-state index >= 15 is 0 Å². The Morgan fingerprint density at radius 3 is 1.81 bits per heavy atom. The van der Waals surface area contributed by atoms with Crippen molar-refractivity contribution in [2.45, 2.75) is 19.8 Å². The normalized spacial score (nSPS) is 11.7. The van der Waals surface area contributed by atoms with Gasteiger partial charge in [-0.15, -0.1) is 0 Å². The molecule has 0 saturated carbocycles. The number of hydrogen-bond acceptors (Lipinski definition) is 1. The van der Waals surface area contributed by atoms with Crippen LogP contribution in [0.4, 0.5) is 0 Å². The van der Waals surface area contributed by atoms with E-state index in [1.54, 1.807) is 0 Å². The quantitative estimate of drug-likeness (QED) is 0.176. The van der Waals surface area contributed by atoms with Gasteiger partial charge in [0.25, 0.3) is 0 Å². The Labute approximate surface area is 280 Å². The molecule has 0 aliphatic heterocycles. The minimum absolute atomic E-state index is 0.298. The molecule has 48 heavy (non-hydrogen) atoms. The van der Waals surface area contributed by atoms with Gasteiger partial charge in [-0.3, -0.25) is 4.57 Å². The lowest BCUT2D eigenvalue weighted by Crippen LogP contribution is -2.03. The molecule has 9 rings (SSSR count). The molecule has 0 spiro atoms. The van der Waals surface area contributed by atoms with E-state index in [0.29, 0.717) is 5.92 Å². The van der Waals surface area contributed by atoms with Crippen LogP contribution in [0.1, 0.15) is 25.6 Å². The van der Waals surface area contributed by atoms with Crippen molar-refractivity contribution in [3.63, 3.8) is 0 Å². The van der Waals surface area contributed by atoms with Crippen LogP contribution < -0.4 is 0 Å². The second kappa shape index (κ2) is 11.4. The van der Waals surface area contributed by atoms with Crippen molar-refractivity contribution in [1.82, 2.24) is 9.55 Å². The number of para-hydroxylation sites is 2. The molecule has 9 aromatic rings. The monoisotopic (exact) mass is 614 g/mol. The zero-order chi connectivity index (χ0) is 32.2. The maximum Gasteiger partial charge on any atom is 0.117 e. The zero-order valence-corrected chi connectivity index (χ0v) is 27.1. The highest BCUT2D eigenvalue weighted by atomic mass is 15.1. The van der Waals surface area contributed by atoms with Crippen molar-refractivity contribution < 1.29 is 0 Å². The maximum atomic E-state index is 5.00. The van der Waals surface area contributed by atoms with Crippen molar-refractivity contribution in [2.24, 2.45) is 0 Å². The molecule has 0 amide bonds. The van der Waals surface area contributed by atoms with Gasteiger partial charge in [-0.05, 0) is 102 Å². The lowest BCUT2D eigenvalue weighted by molar-refractivity contribution is 0.760. The Hall–Kier alpha value is -5.99. The third kappa shape index (κ3) is 4.60. The van der Waals surface area contributed by atoms with Crippen molar-refractivity contribution in [2.75, 3.05) is 0 Å². The van der Waals surface area contributed by atoms with Crippen LogP contribution in [0.2, 0.25) is 0 Å². The molecule has 0 aliphatic rings. The fourth-order valence-corrected chi connectivity index (χ4v) is 7.44. The molecule has 228 valence electrons. The highest BCUT2D eigenvalue weighted by molar-refractivity contribution is 6.22. The smallest absolute Gasteiger partial charge is 0.117 e. The molecule has 0 N–H and O–H groups in total. The molecule has 1 aromatic heterocycles. The van der Waals surface area contributed by atoms with E-state index in [9.17, 15) is 0 Å². The molecule has 0 fully saturated rings. The maximum absolute atomic E-state index is 5.00. The van der Waals surface area contributed by atoms with E-state index in [1.165, 1.54) is 65.7 Å². The number of aromatic nitrogens is 2. The molecule has 2 heteroatoms. The Bertz CT molecular complexity index is 2630. The molecule has 0 atom stereocenters. The first-order valence-electron chi connectivity index (χ1n) is 16.8. The van der Waals surface area contributed by atoms with Gasteiger partial charge in [-0.1, -0.05) is 141 Å². The fraction of sp³-hybridized carbons (Fsp3) is 0.0652. The summed E-state index contributed by atoms with van der Waals surface area (Å²) < 4.78 is 2.31. The summed E-state index contributed by atoms with van der Waals surface area (Å²) in [5, 5.41) is 7.52. The van der Waals surface area contributed by atoms with Gasteiger partial charge in [-0.2, -0.15) is 0 Å². The number of fused-ring (bicyclic) bond motifs is 4. The van der Waals surface area contributed by atoms with Crippen molar-refractivity contribution >= 4 is 43.4 Å². The summed E-state index contributed by atoms with van der Waals surface area (Å²) in [7, 11) is 0. The lowest BCUT2D eigenvalue weighted by atomic mass is 9.84. The fourth-order valence-electron chi connectivity index (χ4n) is 7.44. The Balaban J connectivity index is 1.31. The van der Waals surface area contributed by atoms with E-state index < -0.39 is 0 Å². The van der Waals surface area contributed by atoms with Crippen LogP contribution in [-0.2, 0) is 0 Å². The van der Waals surface area contributed by atoms with Crippen LogP contribution in [-0.4, -0.2) is 9.55 Å². The van der Waals surface area contributed by atoms with Gasteiger partial charge >= 0.3 is 0 Å². The van der Waals surface area contributed by atoms with Gasteiger partial charge in [0.2, 0.25) is 0 Å². The molecule has 0 unspecified atom stereocenters. The lowest BCUT2D eigenvalue weighted by Gasteiger charge is -2.19. The van der Waals surface area contributed by atoms with Crippen LogP contribution in [0.5, 0.6) is 0 Å². The number of benzene rings is 8. The predicted octanol–water partition coefficient (Wildman–Crippen LogP) is 12.6. The Morgan fingerprint density at radius 1 is 0.438 bits per heavy atom. The first kappa shape index (κ1) is 28.3. The standard InChI is InChI=1S/C46H34N2/c1-30(2)46-47-42-18-10-11-19-43(42)48(46)37-25-22-33(23-26-37)44-38-16-8-9-17-39(38)45(36-21-20-32-14-6-7-15-34(32)28-36)41-29-35(24-27-40(41)44)31-12-4-3-5-13-31/h3-30H,1-2H3. The Kier molecular flexibility index (Phi) is 6.69. The minimum Gasteiger partial charge on any atom is -0.296 e. The molecule has 2 nitrogen and oxygen atoms in total. The summed E-state index contributed by atoms with van der Waals surface area (Å²) in [6.07, 6.45) is 0. The summed E-state index contributed by atoms with van der Waals surface area (Å²) in [5.74, 6) is 1.37. The molecule has 8 aromatic carbocycles. The first-order chi connectivity index (χ1) is 23.6. The number of rotatable bonds is 5. The number of hydrogen-bond donors (Lipinski definition) is 0. The highest BCUT2D eigenvalue weighted by Crippen LogP contribution is 2.45. The highest BCUT2D eigenvalue weighted by Gasteiger charge is 2.19. The molecule has 1 heterocycles. The molecular formula is C46H34N2. The molecule has 0 aliphatic carbocycles. The van der Waals surface area contributed by atoms with Gasteiger partial charge < -0.3 is 0 Å². The summed E-state index contributed by atoms with van der Waals surface area (Å²) in [4.78, 5) is 5.00. The van der Waals surface area contributed by atoms with Gasteiger partial charge in [0.1, 0.15) is 5.82 Å². The van der Waals surface area contributed by atoms with Crippen LogP contribution in [0.3, 0.4) is 0 Å².